The summed E-state index contributed by atoms with van der Waals surface area (Å²) in [5.41, 5.74) is 1.80. The highest BCUT2D eigenvalue weighted by Crippen LogP contribution is 2.19. The number of ether oxygens (including phenoxy) is 1. The van der Waals surface area contributed by atoms with Gasteiger partial charge in [-0.2, -0.15) is 5.10 Å². The zero-order valence-electron chi connectivity index (χ0n) is 14.1. The van der Waals surface area contributed by atoms with Gasteiger partial charge >= 0.3 is 0 Å². The summed E-state index contributed by atoms with van der Waals surface area (Å²) in [5, 5.41) is 9.78. The van der Waals surface area contributed by atoms with E-state index in [1.165, 1.54) is 6.08 Å². The highest BCUT2D eigenvalue weighted by atomic mass is 79.9. The molecule has 2 N–H and O–H groups in total. The molecule has 0 saturated carbocycles. The van der Waals surface area contributed by atoms with Gasteiger partial charge in [0.2, 0.25) is 5.91 Å². The predicted molar refractivity (Wildman–Crippen MR) is 103 cm³/mol. The second-order valence-corrected chi connectivity index (χ2v) is 6.26. The van der Waals surface area contributed by atoms with Crippen LogP contribution in [0.25, 0.3) is 17.5 Å². The monoisotopic (exact) mass is 412 g/mol. The third-order valence-corrected chi connectivity index (χ3v) is 4.35. The smallest absolute Gasteiger partial charge is 0.244 e. The number of aromatic nitrogens is 3. The number of halogens is 1. The van der Waals surface area contributed by atoms with E-state index in [-0.39, 0.29) is 12.5 Å². The van der Waals surface area contributed by atoms with Gasteiger partial charge in [-0.05, 0) is 42.0 Å². The van der Waals surface area contributed by atoms with Crippen LogP contribution in [0.2, 0.25) is 0 Å². The van der Waals surface area contributed by atoms with Crippen molar-refractivity contribution in [2.45, 2.75) is 6.54 Å². The minimum Gasteiger partial charge on any atom is -0.497 e. The van der Waals surface area contributed by atoms with Gasteiger partial charge in [-0.25, -0.2) is 4.98 Å². The van der Waals surface area contributed by atoms with Crippen molar-refractivity contribution in [3.8, 4) is 17.1 Å². The molecule has 0 aliphatic carbocycles. The van der Waals surface area contributed by atoms with Crippen LogP contribution in [-0.2, 0) is 11.3 Å². The first-order valence-electron chi connectivity index (χ1n) is 7.92. The maximum absolute atomic E-state index is 12.0. The van der Waals surface area contributed by atoms with Gasteiger partial charge in [0.1, 0.15) is 11.6 Å². The lowest BCUT2D eigenvalue weighted by molar-refractivity contribution is -0.116. The fourth-order valence-electron chi connectivity index (χ4n) is 2.25. The number of rotatable bonds is 6. The number of aromatic amines is 1. The molecule has 1 amide bonds. The summed E-state index contributed by atoms with van der Waals surface area (Å²) in [6, 6.07) is 15.1. The largest absolute Gasteiger partial charge is 0.497 e. The van der Waals surface area contributed by atoms with Crippen LogP contribution in [0, 0.1) is 0 Å². The predicted octanol–water partition coefficient (Wildman–Crippen LogP) is 3.57. The van der Waals surface area contributed by atoms with E-state index in [2.05, 4.69) is 36.4 Å². The number of carbonyl (C=O) groups excluding carboxylic acids is 1. The van der Waals surface area contributed by atoms with E-state index in [9.17, 15) is 4.79 Å². The van der Waals surface area contributed by atoms with Gasteiger partial charge in [0.25, 0.3) is 0 Å². The summed E-state index contributed by atoms with van der Waals surface area (Å²) in [4.78, 5) is 16.3. The quantitative estimate of drug-likeness (QED) is 0.606. The number of nitrogens with one attached hydrogen (secondary N) is 2. The molecule has 0 aliphatic rings. The Hall–Kier alpha value is -2.93. The molecule has 3 rings (SSSR count). The average Bonchev–Trinajstić information content (AvgIpc) is 3.15. The number of amides is 1. The molecule has 0 unspecified atom stereocenters. The first-order valence-corrected chi connectivity index (χ1v) is 8.71. The van der Waals surface area contributed by atoms with Gasteiger partial charge in [-0.15, -0.1) is 0 Å². The zero-order valence-corrected chi connectivity index (χ0v) is 15.7. The number of methoxy groups -OCH3 is 1. The highest BCUT2D eigenvalue weighted by molar-refractivity contribution is 9.10. The van der Waals surface area contributed by atoms with E-state index in [1.54, 1.807) is 13.2 Å². The van der Waals surface area contributed by atoms with Crippen molar-refractivity contribution in [2.75, 3.05) is 7.11 Å². The summed E-state index contributed by atoms with van der Waals surface area (Å²) in [7, 11) is 1.62. The fraction of sp³-hybridized carbons (Fsp3) is 0.105. The normalized spacial score (nSPS) is 10.8. The van der Waals surface area contributed by atoms with E-state index in [0.29, 0.717) is 11.6 Å². The van der Waals surface area contributed by atoms with Crippen LogP contribution < -0.4 is 10.1 Å². The van der Waals surface area contributed by atoms with Crippen molar-refractivity contribution in [2.24, 2.45) is 0 Å². The number of hydrogen-bond acceptors (Lipinski definition) is 4. The third kappa shape index (κ3) is 4.58. The molecule has 26 heavy (non-hydrogen) atoms. The SMILES string of the molecule is COc1ccc(-c2n[nH]c(CNC(=O)/C=C/c3ccccc3Br)n2)cc1. The summed E-state index contributed by atoms with van der Waals surface area (Å²) < 4.78 is 6.07. The van der Waals surface area contributed by atoms with E-state index in [1.807, 2.05) is 48.5 Å². The van der Waals surface area contributed by atoms with Gasteiger partial charge in [0.15, 0.2) is 5.82 Å². The second kappa shape index (κ2) is 8.44. The minimum atomic E-state index is -0.205. The first kappa shape index (κ1) is 17.9. The van der Waals surface area contributed by atoms with Crippen LogP contribution in [-0.4, -0.2) is 28.2 Å². The maximum Gasteiger partial charge on any atom is 0.244 e. The summed E-state index contributed by atoms with van der Waals surface area (Å²) in [5.74, 6) is 1.72. The molecule has 2 aromatic carbocycles. The van der Waals surface area contributed by atoms with Gasteiger partial charge in [-0.3, -0.25) is 9.89 Å². The highest BCUT2D eigenvalue weighted by Gasteiger charge is 2.07. The van der Waals surface area contributed by atoms with E-state index >= 15 is 0 Å². The Bertz CT molecular complexity index is 919. The summed E-state index contributed by atoms with van der Waals surface area (Å²) in [6.45, 7) is 0.266. The fourth-order valence-corrected chi connectivity index (χ4v) is 2.67. The molecule has 0 bridgehead atoms. The van der Waals surface area contributed by atoms with E-state index in [0.717, 1.165) is 21.3 Å². The molecule has 1 heterocycles. The number of carbonyl (C=O) groups is 1. The van der Waals surface area contributed by atoms with Crippen molar-refractivity contribution in [3.63, 3.8) is 0 Å². The lowest BCUT2D eigenvalue weighted by Gasteiger charge is -2.00. The Labute approximate surface area is 159 Å². The first-order chi connectivity index (χ1) is 12.7. The topological polar surface area (TPSA) is 79.9 Å². The number of hydrogen-bond donors (Lipinski definition) is 2. The molecule has 132 valence electrons. The van der Waals surface area contributed by atoms with Crippen LogP contribution >= 0.6 is 15.9 Å². The molecule has 0 saturated heterocycles. The molecule has 0 atom stereocenters. The van der Waals surface area contributed by atoms with Crippen molar-refractivity contribution in [1.82, 2.24) is 20.5 Å². The molecular weight excluding hydrogens is 396 g/mol. The van der Waals surface area contributed by atoms with Gasteiger partial charge in [-0.1, -0.05) is 34.1 Å². The van der Waals surface area contributed by atoms with Crippen LogP contribution in [0.4, 0.5) is 0 Å². The van der Waals surface area contributed by atoms with Gasteiger partial charge < -0.3 is 10.1 Å². The van der Waals surface area contributed by atoms with E-state index < -0.39 is 0 Å². The molecular formula is C19H17BrN4O2. The maximum atomic E-state index is 12.0. The molecule has 0 fully saturated rings. The second-order valence-electron chi connectivity index (χ2n) is 5.41. The Morgan fingerprint density at radius 3 is 2.73 bits per heavy atom. The lowest BCUT2D eigenvalue weighted by Crippen LogP contribution is -2.20. The third-order valence-electron chi connectivity index (χ3n) is 3.63. The van der Waals surface area contributed by atoms with Crippen LogP contribution in [0.1, 0.15) is 11.4 Å². The van der Waals surface area contributed by atoms with Crippen molar-refractivity contribution in [3.05, 3.63) is 70.5 Å². The Balaban J connectivity index is 1.57. The Morgan fingerprint density at radius 1 is 1.23 bits per heavy atom. The zero-order chi connectivity index (χ0) is 18.4. The van der Waals surface area contributed by atoms with Crippen LogP contribution in [0.5, 0.6) is 5.75 Å². The van der Waals surface area contributed by atoms with E-state index in [4.69, 9.17) is 4.74 Å². The summed E-state index contributed by atoms with van der Waals surface area (Å²) >= 11 is 3.44. The Kier molecular flexibility index (Phi) is 5.80. The molecule has 6 nitrogen and oxygen atoms in total. The molecule has 3 aromatic rings. The minimum absolute atomic E-state index is 0.205. The molecule has 0 spiro atoms. The van der Waals surface area contributed by atoms with Gasteiger partial charge in [0, 0.05) is 16.1 Å². The van der Waals surface area contributed by atoms with Crippen LogP contribution in [0.15, 0.2) is 59.1 Å². The number of nitrogens with zero attached hydrogens (tertiary/aromatic N) is 2. The van der Waals surface area contributed by atoms with Crippen molar-refractivity contribution < 1.29 is 9.53 Å². The summed E-state index contributed by atoms with van der Waals surface area (Å²) in [6.07, 6.45) is 3.24. The Morgan fingerprint density at radius 2 is 2.00 bits per heavy atom. The van der Waals surface area contributed by atoms with Crippen LogP contribution in [0.3, 0.4) is 0 Å². The molecule has 1 aromatic heterocycles. The number of H-pyrrole nitrogens is 1. The number of benzene rings is 2. The molecule has 0 radical (unpaired) electrons. The standard InChI is InChI=1S/C19H17BrN4O2/c1-26-15-9-6-14(7-10-15)19-22-17(23-24-19)12-21-18(25)11-8-13-4-2-3-5-16(13)20/h2-11H,12H2,1H3,(H,21,25)(H,22,23,24)/b11-8+. The van der Waals surface area contributed by atoms with Crippen molar-refractivity contribution >= 4 is 27.9 Å². The lowest BCUT2D eigenvalue weighted by atomic mass is 10.2. The molecule has 0 aliphatic heterocycles. The average molecular weight is 413 g/mol. The van der Waals surface area contributed by atoms with Crippen molar-refractivity contribution in [1.29, 1.82) is 0 Å². The molecule has 7 heteroatoms. The van der Waals surface area contributed by atoms with Gasteiger partial charge in [0.05, 0.1) is 13.7 Å².